The van der Waals surface area contributed by atoms with Crippen molar-refractivity contribution < 1.29 is 9.53 Å². The van der Waals surface area contributed by atoms with Crippen LogP contribution in [0, 0.1) is 0 Å². The Morgan fingerprint density at radius 2 is 2.38 bits per heavy atom. The number of rotatable bonds is 3. The van der Waals surface area contributed by atoms with Gasteiger partial charge >= 0.3 is 5.97 Å². The van der Waals surface area contributed by atoms with Crippen molar-refractivity contribution in [1.29, 1.82) is 0 Å². The lowest BCUT2D eigenvalue weighted by molar-refractivity contribution is 0.0584. The van der Waals surface area contributed by atoms with Crippen molar-refractivity contribution in [3.8, 4) is 0 Å². The summed E-state index contributed by atoms with van der Waals surface area (Å²) in [6.07, 6.45) is 5.08. The van der Waals surface area contributed by atoms with Gasteiger partial charge in [-0.15, -0.1) is 0 Å². The molecule has 0 aliphatic heterocycles. The first-order valence-electron chi connectivity index (χ1n) is 5.27. The van der Waals surface area contributed by atoms with Crippen molar-refractivity contribution in [3.05, 3.63) is 22.4 Å². The second-order valence-electron chi connectivity index (χ2n) is 4.38. The zero-order valence-corrected chi connectivity index (χ0v) is 10.8. The summed E-state index contributed by atoms with van der Waals surface area (Å²) >= 11 is 3.36. The molecule has 1 saturated carbocycles. The lowest BCUT2D eigenvalue weighted by Crippen LogP contribution is -2.50. The summed E-state index contributed by atoms with van der Waals surface area (Å²) in [4.78, 5) is 11.5. The van der Waals surface area contributed by atoms with Crippen LogP contribution in [0.5, 0.6) is 0 Å². The van der Waals surface area contributed by atoms with E-state index in [0.717, 1.165) is 17.3 Å². The Kier molecular flexibility index (Phi) is 3.08. The zero-order chi connectivity index (χ0) is 11.8. The smallest absolute Gasteiger partial charge is 0.354 e. The van der Waals surface area contributed by atoms with Crippen molar-refractivity contribution >= 4 is 21.9 Å². The minimum absolute atomic E-state index is 0.152. The van der Waals surface area contributed by atoms with Crippen LogP contribution in [0.1, 0.15) is 29.8 Å². The highest BCUT2D eigenvalue weighted by Crippen LogP contribution is 2.31. The maximum Gasteiger partial charge on any atom is 0.354 e. The van der Waals surface area contributed by atoms with Crippen molar-refractivity contribution in [2.24, 2.45) is 5.73 Å². The molecular weight excluding hydrogens is 272 g/mol. The fourth-order valence-corrected chi connectivity index (χ4v) is 2.47. The number of carbonyl (C=O) groups excluding carboxylic acids is 1. The molecule has 0 atom stereocenters. The van der Waals surface area contributed by atoms with Crippen LogP contribution in [0.15, 0.2) is 16.7 Å². The van der Waals surface area contributed by atoms with Crippen LogP contribution >= 0.6 is 15.9 Å². The number of hydrogen-bond donors (Lipinski definition) is 1. The minimum Gasteiger partial charge on any atom is -0.464 e. The Balaban J connectivity index is 2.22. The minimum atomic E-state index is -0.325. The summed E-state index contributed by atoms with van der Waals surface area (Å²) in [6, 6.07) is 1.76. The number of aromatic nitrogens is 1. The monoisotopic (exact) mass is 286 g/mol. The van der Waals surface area contributed by atoms with E-state index in [4.69, 9.17) is 10.5 Å². The molecular formula is C11H15BrN2O2. The molecule has 16 heavy (non-hydrogen) atoms. The largest absolute Gasteiger partial charge is 0.464 e. The van der Waals surface area contributed by atoms with E-state index >= 15 is 0 Å². The molecule has 0 saturated heterocycles. The van der Waals surface area contributed by atoms with Gasteiger partial charge in [-0.2, -0.15) is 0 Å². The lowest BCUT2D eigenvalue weighted by Gasteiger charge is -2.38. The van der Waals surface area contributed by atoms with Gasteiger partial charge in [-0.3, -0.25) is 0 Å². The first-order chi connectivity index (χ1) is 7.54. The third-order valence-corrected chi connectivity index (χ3v) is 3.53. The Morgan fingerprint density at radius 1 is 1.69 bits per heavy atom. The molecule has 0 unspecified atom stereocenters. The molecule has 2 N–H and O–H groups in total. The molecule has 1 fully saturated rings. The number of nitrogens with two attached hydrogens (primary N) is 1. The van der Waals surface area contributed by atoms with Gasteiger partial charge in [-0.25, -0.2) is 4.79 Å². The van der Waals surface area contributed by atoms with Crippen LogP contribution in [-0.2, 0) is 11.3 Å². The van der Waals surface area contributed by atoms with Gasteiger partial charge in [0.05, 0.1) is 7.11 Å². The zero-order valence-electron chi connectivity index (χ0n) is 9.20. The maximum absolute atomic E-state index is 11.5. The summed E-state index contributed by atoms with van der Waals surface area (Å²) in [5.74, 6) is -0.325. The van der Waals surface area contributed by atoms with Gasteiger partial charge in [0.15, 0.2) is 0 Å². The van der Waals surface area contributed by atoms with Gasteiger partial charge in [0, 0.05) is 22.8 Å². The number of halogens is 1. The van der Waals surface area contributed by atoms with E-state index in [1.807, 2.05) is 10.8 Å². The molecule has 2 rings (SSSR count). The van der Waals surface area contributed by atoms with Gasteiger partial charge in [0.2, 0.25) is 0 Å². The highest BCUT2D eigenvalue weighted by atomic mass is 79.9. The number of nitrogens with zero attached hydrogens (tertiary/aromatic N) is 1. The van der Waals surface area contributed by atoms with Gasteiger partial charge in [0.25, 0.3) is 0 Å². The molecule has 0 spiro atoms. The third kappa shape index (κ3) is 2.15. The van der Waals surface area contributed by atoms with E-state index < -0.39 is 0 Å². The number of hydrogen-bond acceptors (Lipinski definition) is 3. The van der Waals surface area contributed by atoms with Crippen molar-refractivity contribution in [1.82, 2.24) is 4.57 Å². The predicted octanol–water partition coefficient (Wildman–Crippen LogP) is 1.92. The average Bonchev–Trinajstić information content (AvgIpc) is 2.56. The molecule has 4 nitrogen and oxygen atoms in total. The third-order valence-electron chi connectivity index (χ3n) is 3.09. The first-order valence-corrected chi connectivity index (χ1v) is 6.06. The second-order valence-corrected chi connectivity index (χ2v) is 5.29. The first kappa shape index (κ1) is 11.7. The maximum atomic E-state index is 11.5. The van der Waals surface area contributed by atoms with E-state index in [9.17, 15) is 4.79 Å². The van der Waals surface area contributed by atoms with Crippen molar-refractivity contribution in [2.75, 3.05) is 7.11 Å². The summed E-state index contributed by atoms with van der Waals surface area (Å²) in [7, 11) is 1.38. The number of methoxy groups -OCH3 is 1. The van der Waals surface area contributed by atoms with Crippen LogP contribution in [-0.4, -0.2) is 23.2 Å². The SMILES string of the molecule is COC(=O)c1cc(Br)cn1CC1(N)CCC1. The number of carbonyl (C=O) groups is 1. The van der Waals surface area contributed by atoms with Crippen LogP contribution in [0.2, 0.25) is 0 Å². The average molecular weight is 287 g/mol. The van der Waals surface area contributed by atoms with E-state index in [2.05, 4.69) is 15.9 Å². The highest BCUT2D eigenvalue weighted by molar-refractivity contribution is 9.10. The van der Waals surface area contributed by atoms with E-state index in [1.165, 1.54) is 13.5 Å². The fraction of sp³-hybridized carbons (Fsp3) is 0.545. The topological polar surface area (TPSA) is 57.2 Å². The van der Waals surface area contributed by atoms with Gasteiger partial charge < -0.3 is 15.0 Å². The van der Waals surface area contributed by atoms with E-state index in [1.54, 1.807) is 6.07 Å². The molecule has 0 aromatic carbocycles. The Labute approximate surface area is 103 Å². The van der Waals surface area contributed by atoms with Crippen LogP contribution in [0.4, 0.5) is 0 Å². The lowest BCUT2D eigenvalue weighted by atomic mass is 9.77. The summed E-state index contributed by atoms with van der Waals surface area (Å²) in [5, 5.41) is 0. The predicted molar refractivity (Wildman–Crippen MR) is 64.2 cm³/mol. The van der Waals surface area contributed by atoms with E-state index in [-0.39, 0.29) is 11.5 Å². The molecule has 0 radical (unpaired) electrons. The standard InChI is InChI=1S/C11H15BrN2O2/c1-16-10(15)9-5-8(12)6-14(9)7-11(13)3-2-4-11/h5-6H,2-4,7,13H2,1H3. The fourth-order valence-electron chi connectivity index (χ4n) is 2.01. The molecule has 1 heterocycles. The summed E-state index contributed by atoms with van der Waals surface area (Å²) < 4.78 is 7.48. The van der Waals surface area contributed by atoms with Crippen LogP contribution in [0.3, 0.4) is 0 Å². The Hall–Kier alpha value is -0.810. The molecule has 1 aromatic rings. The molecule has 1 aromatic heterocycles. The van der Waals surface area contributed by atoms with Crippen molar-refractivity contribution in [2.45, 2.75) is 31.3 Å². The van der Waals surface area contributed by atoms with Crippen molar-refractivity contribution in [3.63, 3.8) is 0 Å². The normalized spacial score (nSPS) is 17.9. The molecule has 1 aliphatic rings. The molecule has 0 amide bonds. The second kappa shape index (κ2) is 4.22. The van der Waals surface area contributed by atoms with Gasteiger partial charge in [0.1, 0.15) is 5.69 Å². The Bertz CT molecular complexity index is 410. The Morgan fingerprint density at radius 3 is 2.88 bits per heavy atom. The molecule has 88 valence electrons. The van der Waals surface area contributed by atoms with Gasteiger partial charge in [-0.1, -0.05) is 0 Å². The molecule has 1 aliphatic carbocycles. The van der Waals surface area contributed by atoms with Crippen LogP contribution < -0.4 is 5.73 Å². The molecule has 0 bridgehead atoms. The quantitative estimate of drug-likeness (QED) is 0.864. The van der Waals surface area contributed by atoms with Gasteiger partial charge in [-0.05, 0) is 41.3 Å². The van der Waals surface area contributed by atoms with Crippen LogP contribution in [0.25, 0.3) is 0 Å². The number of ether oxygens (including phenoxy) is 1. The highest BCUT2D eigenvalue weighted by Gasteiger charge is 2.33. The van der Waals surface area contributed by atoms with E-state index in [0.29, 0.717) is 12.2 Å². The summed E-state index contributed by atoms with van der Waals surface area (Å²) in [6.45, 7) is 0.670. The molecule has 5 heteroatoms. The summed E-state index contributed by atoms with van der Waals surface area (Å²) in [5.41, 5.74) is 6.56. The number of esters is 1.